The van der Waals surface area contributed by atoms with Crippen LogP contribution in [-0.2, 0) is 0 Å². The molecule has 4 nitrogen and oxygen atoms in total. The summed E-state index contributed by atoms with van der Waals surface area (Å²) in [4.78, 5) is 18.4. The van der Waals surface area contributed by atoms with E-state index in [0.717, 1.165) is 30.4 Å². The summed E-state index contributed by atoms with van der Waals surface area (Å²) in [6, 6.07) is 3.86. The minimum Gasteiger partial charge on any atom is -0.337 e. The molecular weight excluding hydrogens is 294 g/mol. The fourth-order valence-electron chi connectivity index (χ4n) is 2.36. The number of piperidine rings is 1. The van der Waals surface area contributed by atoms with Crippen molar-refractivity contribution < 1.29 is 4.79 Å². The van der Waals surface area contributed by atoms with Crippen LogP contribution in [0.25, 0.3) is 0 Å². The van der Waals surface area contributed by atoms with E-state index in [1.54, 1.807) is 6.20 Å². The van der Waals surface area contributed by atoms with Crippen molar-refractivity contribution in [3.63, 3.8) is 0 Å². The topological polar surface area (TPSA) is 59.2 Å². The number of halogens is 1. The maximum absolute atomic E-state index is 12.4. The van der Waals surface area contributed by atoms with Gasteiger partial charge in [0.05, 0.1) is 0 Å². The summed E-state index contributed by atoms with van der Waals surface area (Å²) >= 11 is 3.37. The highest BCUT2D eigenvalue weighted by atomic mass is 79.9. The van der Waals surface area contributed by atoms with E-state index in [4.69, 9.17) is 5.73 Å². The molecule has 0 aromatic carbocycles. The summed E-state index contributed by atoms with van der Waals surface area (Å²) in [6.45, 7) is 3.58. The Kier molecular flexibility index (Phi) is 4.35. The van der Waals surface area contributed by atoms with Gasteiger partial charge in [0, 0.05) is 29.8 Å². The molecule has 1 aromatic heterocycles. The molecule has 98 valence electrons. The van der Waals surface area contributed by atoms with E-state index in [1.165, 1.54) is 0 Å². The second-order valence-electron chi connectivity index (χ2n) is 4.71. The van der Waals surface area contributed by atoms with Gasteiger partial charge < -0.3 is 10.6 Å². The number of nitrogens with zero attached hydrogens (tertiary/aromatic N) is 2. The molecule has 18 heavy (non-hydrogen) atoms. The molecule has 1 amide bonds. The van der Waals surface area contributed by atoms with Crippen molar-refractivity contribution >= 4 is 21.8 Å². The number of hydrogen-bond donors (Lipinski definition) is 1. The van der Waals surface area contributed by atoms with E-state index in [1.807, 2.05) is 17.0 Å². The molecule has 1 fully saturated rings. The summed E-state index contributed by atoms with van der Waals surface area (Å²) in [5.41, 5.74) is 6.55. The molecule has 1 aliphatic heterocycles. The molecule has 2 rings (SSSR count). The lowest BCUT2D eigenvalue weighted by Gasteiger charge is -2.36. The molecule has 2 N–H and O–H groups in total. The Morgan fingerprint density at radius 2 is 2.44 bits per heavy atom. The molecule has 0 saturated carbocycles. The first-order chi connectivity index (χ1) is 8.63. The molecule has 1 aromatic rings. The number of amides is 1. The van der Waals surface area contributed by atoms with Gasteiger partial charge >= 0.3 is 0 Å². The lowest BCUT2D eigenvalue weighted by molar-refractivity contribution is 0.0642. The summed E-state index contributed by atoms with van der Waals surface area (Å²) in [6.07, 6.45) is 3.52. The molecule has 2 heterocycles. The van der Waals surface area contributed by atoms with Crippen LogP contribution in [-0.4, -0.2) is 34.9 Å². The zero-order valence-electron chi connectivity index (χ0n) is 10.5. The Labute approximate surface area is 116 Å². The molecule has 2 unspecified atom stereocenters. The number of pyridine rings is 1. The molecule has 1 saturated heterocycles. The van der Waals surface area contributed by atoms with Crippen LogP contribution in [0.4, 0.5) is 0 Å². The maximum Gasteiger partial charge on any atom is 0.273 e. The number of carbonyl (C=O) groups is 1. The first-order valence-corrected chi connectivity index (χ1v) is 7.08. The van der Waals surface area contributed by atoms with E-state index in [9.17, 15) is 4.79 Å². The highest BCUT2D eigenvalue weighted by molar-refractivity contribution is 9.10. The predicted molar refractivity (Wildman–Crippen MR) is 74.2 cm³/mol. The van der Waals surface area contributed by atoms with Crippen molar-refractivity contribution in [1.82, 2.24) is 9.88 Å². The summed E-state index contributed by atoms with van der Waals surface area (Å²) in [5.74, 6) is 0.387. The molecular formula is C13H18BrN3O. The third-order valence-corrected chi connectivity index (χ3v) is 4.21. The first kappa shape index (κ1) is 13.5. The van der Waals surface area contributed by atoms with Crippen LogP contribution >= 0.6 is 15.9 Å². The van der Waals surface area contributed by atoms with Gasteiger partial charge in [-0.1, -0.05) is 13.3 Å². The van der Waals surface area contributed by atoms with Crippen molar-refractivity contribution in [1.29, 1.82) is 0 Å². The smallest absolute Gasteiger partial charge is 0.273 e. The van der Waals surface area contributed by atoms with Crippen LogP contribution in [0.1, 0.15) is 30.3 Å². The van der Waals surface area contributed by atoms with Gasteiger partial charge in [-0.3, -0.25) is 4.79 Å². The standard InChI is InChI=1S/C13H18BrN3O/c1-2-9-8-17(7-5-11(9)15)13(18)12-10(14)4-3-6-16-12/h3-4,6,9,11H,2,5,7-8,15H2,1H3. The summed E-state index contributed by atoms with van der Waals surface area (Å²) in [5, 5.41) is 0. The minimum absolute atomic E-state index is 0.00664. The molecule has 0 bridgehead atoms. The largest absolute Gasteiger partial charge is 0.337 e. The molecule has 0 radical (unpaired) electrons. The van der Waals surface area contributed by atoms with Crippen LogP contribution in [0.15, 0.2) is 22.8 Å². The Morgan fingerprint density at radius 3 is 3.11 bits per heavy atom. The van der Waals surface area contributed by atoms with Gasteiger partial charge in [-0.25, -0.2) is 4.98 Å². The van der Waals surface area contributed by atoms with Gasteiger partial charge in [0.2, 0.25) is 0 Å². The fraction of sp³-hybridized carbons (Fsp3) is 0.538. The molecule has 2 atom stereocenters. The van der Waals surface area contributed by atoms with E-state index in [0.29, 0.717) is 11.6 Å². The monoisotopic (exact) mass is 311 g/mol. The van der Waals surface area contributed by atoms with Gasteiger partial charge in [0.25, 0.3) is 5.91 Å². The van der Waals surface area contributed by atoms with Gasteiger partial charge in [-0.05, 0) is 40.4 Å². The lowest BCUT2D eigenvalue weighted by atomic mass is 9.90. The van der Waals surface area contributed by atoms with Gasteiger partial charge in [-0.2, -0.15) is 0 Å². The van der Waals surface area contributed by atoms with Crippen molar-refractivity contribution in [2.75, 3.05) is 13.1 Å². The molecule has 5 heteroatoms. The Bertz CT molecular complexity index is 438. The maximum atomic E-state index is 12.4. The lowest BCUT2D eigenvalue weighted by Crippen LogP contribution is -2.49. The third kappa shape index (κ3) is 2.72. The summed E-state index contributed by atoms with van der Waals surface area (Å²) < 4.78 is 0.748. The van der Waals surface area contributed by atoms with Crippen molar-refractivity contribution in [3.05, 3.63) is 28.5 Å². The third-order valence-electron chi connectivity index (χ3n) is 3.57. The number of likely N-dealkylation sites (tertiary alicyclic amines) is 1. The van der Waals surface area contributed by atoms with Crippen molar-refractivity contribution in [3.8, 4) is 0 Å². The zero-order chi connectivity index (χ0) is 13.1. The summed E-state index contributed by atoms with van der Waals surface area (Å²) in [7, 11) is 0. The second kappa shape index (κ2) is 5.80. The molecule has 0 aliphatic carbocycles. The minimum atomic E-state index is -0.00664. The number of aromatic nitrogens is 1. The van der Waals surface area contributed by atoms with E-state index in [2.05, 4.69) is 27.8 Å². The highest BCUT2D eigenvalue weighted by Gasteiger charge is 2.29. The first-order valence-electron chi connectivity index (χ1n) is 6.28. The second-order valence-corrected chi connectivity index (χ2v) is 5.56. The van der Waals surface area contributed by atoms with E-state index in [-0.39, 0.29) is 11.9 Å². The number of nitrogens with two attached hydrogens (primary N) is 1. The SMILES string of the molecule is CCC1CN(C(=O)c2ncccc2Br)CCC1N. The number of hydrogen-bond acceptors (Lipinski definition) is 3. The van der Waals surface area contributed by atoms with Gasteiger partial charge in [0.1, 0.15) is 5.69 Å². The predicted octanol–water partition coefficient (Wildman–Crippen LogP) is 2.04. The zero-order valence-corrected chi connectivity index (χ0v) is 12.1. The Morgan fingerprint density at radius 1 is 1.67 bits per heavy atom. The van der Waals surface area contributed by atoms with Crippen molar-refractivity contribution in [2.45, 2.75) is 25.8 Å². The highest BCUT2D eigenvalue weighted by Crippen LogP contribution is 2.22. The normalized spacial score (nSPS) is 24.1. The van der Waals surface area contributed by atoms with Gasteiger partial charge in [-0.15, -0.1) is 0 Å². The number of carbonyl (C=O) groups excluding carboxylic acids is 1. The molecule has 1 aliphatic rings. The van der Waals surface area contributed by atoms with Gasteiger partial charge in [0.15, 0.2) is 0 Å². The average molecular weight is 312 g/mol. The van der Waals surface area contributed by atoms with Crippen LogP contribution in [0, 0.1) is 5.92 Å². The fourth-order valence-corrected chi connectivity index (χ4v) is 2.78. The molecule has 0 spiro atoms. The van der Waals surface area contributed by atoms with Crippen molar-refractivity contribution in [2.24, 2.45) is 11.7 Å². The quantitative estimate of drug-likeness (QED) is 0.909. The number of rotatable bonds is 2. The van der Waals surface area contributed by atoms with Crippen LogP contribution in [0.2, 0.25) is 0 Å². The van der Waals surface area contributed by atoms with E-state index >= 15 is 0 Å². The van der Waals surface area contributed by atoms with E-state index < -0.39 is 0 Å². The van der Waals surface area contributed by atoms with Crippen LogP contribution in [0.5, 0.6) is 0 Å². The van der Waals surface area contributed by atoms with Crippen LogP contribution < -0.4 is 5.73 Å². The Hall–Kier alpha value is -0.940. The Balaban J connectivity index is 2.13. The average Bonchev–Trinajstić information content (AvgIpc) is 2.39. The van der Waals surface area contributed by atoms with Crippen LogP contribution in [0.3, 0.4) is 0 Å².